The predicted molar refractivity (Wildman–Crippen MR) is 102 cm³/mol. The Bertz CT molecular complexity index is 805. The molecular formula is C19H20N2S2. The number of fused-ring (bicyclic) bond motifs is 1. The Morgan fingerprint density at radius 3 is 2.74 bits per heavy atom. The number of hydrogen-bond donors (Lipinski definition) is 0. The normalized spacial score (nSPS) is 21.1. The van der Waals surface area contributed by atoms with Crippen LogP contribution >= 0.6 is 21.6 Å². The number of rotatable bonds is 4. The summed E-state index contributed by atoms with van der Waals surface area (Å²) < 4.78 is 2.36. The zero-order valence-corrected chi connectivity index (χ0v) is 14.9. The Morgan fingerprint density at radius 1 is 1.17 bits per heavy atom. The Balaban J connectivity index is 1.88. The maximum absolute atomic E-state index is 4.23. The average Bonchev–Trinajstić information content (AvgIpc) is 3.27. The highest BCUT2D eigenvalue weighted by Crippen LogP contribution is 2.55. The molecule has 0 N–H and O–H groups in total. The lowest BCUT2D eigenvalue weighted by molar-refractivity contribution is 0.510. The highest BCUT2D eigenvalue weighted by Gasteiger charge is 2.39. The molecule has 3 aromatic rings. The van der Waals surface area contributed by atoms with E-state index in [1.807, 2.05) is 34.1 Å². The minimum Gasteiger partial charge on any atom is -0.336 e. The molecule has 2 aromatic carbocycles. The standard InChI is InChI=1S/C19H20N2S2/c1-2-15-7-8-18(17-6-4-3-5-16(15)17)19(9-12-22-23-19)13-21-11-10-20-14-21/h3-8,10-11,14H,2,9,12-13H2,1H3. The van der Waals surface area contributed by atoms with Crippen LogP contribution in [0.4, 0.5) is 0 Å². The number of nitrogens with zero attached hydrogens (tertiary/aromatic N) is 2. The van der Waals surface area contributed by atoms with Gasteiger partial charge in [-0.15, -0.1) is 0 Å². The predicted octanol–water partition coefficient (Wildman–Crippen LogP) is 5.28. The summed E-state index contributed by atoms with van der Waals surface area (Å²) >= 11 is 0. The lowest BCUT2D eigenvalue weighted by atomic mass is 9.88. The Hall–Kier alpha value is -1.39. The van der Waals surface area contributed by atoms with Crippen LogP contribution in [0.3, 0.4) is 0 Å². The molecule has 2 nitrogen and oxygen atoms in total. The van der Waals surface area contributed by atoms with Crippen LogP contribution in [0.2, 0.25) is 0 Å². The number of aryl methyl sites for hydroxylation is 1. The van der Waals surface area contributed by atoms with E-state index in [-0.39, 0.29) is 4.75 Å². The quantitative estimate of drug-likeness (QED) is 0.602. The lowest BCUT2D eigenvalue weighted by Crippen LogP contribution is -2.25. The molecular weight excluding hydrogens is 320 g/mol. The van der Waals surface area contributed by atoms with Crippen LogP contribution in [0.25, 0.3) is 10.8 Å². The number of imidazole rings is 1. The van der Waals surface area contributed by atoms with Crippen LogP contribution in [0, 0.1) is 0 Å². The first kappa shape index (κ1) is 15.2. The molecule has 1 aliphatic heterocycles. The zero-order chi connectivity index (χ0) is 15.7. The van der Waals surface area contributed by atoms with Gasteiger partial charge in [0.15, 0.2) is 0 Å². The molecule has 1 fully saturated rings. The molecule has 1 aromatic heterocycles. The SMILES string of the molecule is CCc1ccc(C2(Cn3ccnc3)CCSS2)c2ccccc12. The van der Waals surface area contributed by atoms with E-state index in [9.17, 15) is 0 Å². The largest absolute Gasteiger partial charge is 0.336 e. The van der Waals surface area contributed by atoms with E-state index in [0.717, 1.165) is 13.0 Å². The van der Waals surface area contributed by atoms with Crippen LogP contribution in [0.1, 0.15) is 24.5 Å². The monoisotopic (exact) mass is 340 g/mol. The maximum atomic E-state index is 4.23. The van der Waals surface area contributed by atoms with Gasteiger partial charge in [0, 0.05) is 24.7 Å². The molecule has 118 valence electrons. The molecule has 0 bridgehead atoms. The van der Waals surface area contributed by atoms with Crippen LogP contribution in [-0.4, -0.2) is 15.3 Å². The molecule has 1 unspecified atom stereocenters. The highest BCUT2D eigenvalue weighted by atomic mass is 33.1. The summed E-state index contributed by atoms with van der Waals surface area (Å²) in [6.45, 7) is 3.23. The molecule has 1 atom stereocenters. The molecule has 1 aliphatic rings. The van der Waals surface area contributed by atoms with Crippen molar-refractivity contribution in [2.45, 2.75) is 31.1 Å². The van der Waals surface area contributed by atoms with Crippen LogP contribution < -0.4 is 0 Å². The van der Waals surface area contributed by atoms with Gasteiger partial charge in [-0.1, -0.05) is 64.9 Å². The van der Waals surface area contributed by atoms with Crippen molar-refractivity contribution in [2.75, 3.05) is 5.75 Å². The minimum atomic E-state index is 0.136. The van der Waals surface area contributed by atoms with E-state index >= 15 is 0 Å². The summed E-state index contributed by atoms with van der Waals surface area (Å²) in [5.41, 5.74) is 2.92. The summed E-state index contributed by atoms with van der Waals surface area (Å²) in [5.74, 6) is 1.21. The van der Waals surface area contributed by atoms with E-state index in [0.29, 0.717) is 0 Å². The van der Waals surface area contributed by atoms with E-state index in [2.05, 4.69) is 59.1 Å². The van der Waals surface area contributed by atoms with Crippen molar-refractivity contribution in [3.05, 3.63) is 66.2 Å². The van der Waals surface area contributed by atoms with Crippen molar-refractivity contribution in [3.63, 3.8) is 0 Å². The number of aromatic nitrogens is 2. The maximum Gasteiger partial charge on any atom is 0.0946 e. The summed E-state index contributed by atoms with van der Waals surface area (Å²) in [6, 6.07) is 13.6. The molecule has 2 heterocycles. The fraction of sp³-hybridized carbons (Fsp3) is 0.316. The third-order valence-electron chi connectivity index (χ3n) is 4.69. The van der Waals surface area contributed by atoms with Gasteiger partial charge in [0.2, 0.25) is 0 Å². The van der Waals surface area contributed by atoms with Gasteiger partial charge in [-0.3, -0.25) is 0 Å². The minimum absolute atomic E-state index is 0.136. The first-order valence-corrected chi connectivity index (χ1v) is 10.4. The first-order valence-electron chi connectivity index (χ1n) is 8.10. The fourth-order valence-electron chi connectivity index (χ4n) is 3.52. The topological polar surface area (TPSA) is 17.8 Å². The van der Waals surface area contributed by atoms with Crippen LogP contribution in [-0.2, 0) is 17.7 Å². The summed E-state index contributed by atoms with van der Waals surface area (Å²) in [5, 5.41) is 2.83. The molecule has 23 heavy (non-hydrogen) atoms. The van der Waals surface area contributed by atoms with Gasteiger partial charge in [0.05, 0.1) is 11.1 Å². The second kappa shape index (κ2) is 6.25. The van der Waals surface area contributed by atoms with Gasteiger partial charge in [-0.2, -0.15) is 0 Å². The zero-order valence-electron chi connectivity index (χ0n) is 13.2. The number of benzene rings is 2. The van der Waals surface area contributed by atoms with Crippen LogP contribution in [0.5, 0.6) is 0 Å². The Labute approximate surface area is 145 Å². The molecule has 4 rings (SSSR count). The Morgan fingerprint density at radius 2 is 2.04 bits per heavy atom. The van der Waals surface area contributed by atoms with E-state index in [4.69, 9.17) is 0 Å². The molecule has 0 aliphatic carbocycles. The van der Waals surface area contributed by atoms with Gasteiger partial charge in [-0.25, -0.2) is 4.98 Å². The van der Waals surface area contributed by atoms with Crippen molar-refractivity contribution in [3.8, 4) is 0 Å². The third kappa shape index (κ3) is 2.68. The van der Waals surface area contributed by atoms with Crippen molar-refractivity contribution in [2.24, 2.45) is 0 Å². The molecule has 4 heteroatoms. The summed E-state index contributed by atoms with van der Waals surface area (Å²) in [6.07, 6.45) is 8.17. The van der Waals surface area contributed by atoms with Crippen LogP contribution in [0.15, 0.2) is 55.1 Å². The fourth-order valence-corrected chi connectivity index (χ4v) is 6.89. The first-order chi connectivity index (χ1) is 11.3. The van der Waals surface area contributed by atoms with Gasteiger partial charge >= 0.3 is 0 Å². The Kier molecular flexibility index (Phi) is 4.12. The molecule has 1 saturated heterocycles. The van der Waals surface area contributed by atoms with Crippen molar-refractivity contribution in [1.82, 2.24) is 9.55 Å². The van der Waals surface area contributed by atoms with Crippen molar-refractivity contribution >= 4 is 32.4 Å². The molecule has 0 radical (unpaired) electrons. The molecule has 0 saturated carbocycles. The van der Waals surface area contributed by atoms with E-state index in [1.54, 1.807) is 0 Å². The third-order valence-corrected chi connectivity index (χ3v) is 7.86. The summed E-state index contributed by atoms with van der Waals surface area (Å²) in [7, 11) is 4.04. The summed E-state index contributed by atoms with van der Waals surface area (Å²) in [4.78, 5) is 4.23. The second-order valence-corrected chi connectivity index (χ2v) is 8.86. The van der Waals surface area contributed by atoms with Gasteiger partial charge in [0.1, 0.15) is 0 Å². The van der Waals surface area contributed by atoms with E-state index < -0.39 is 0 Å². The number of hydrogen-bond acceptors (Lipinski definition) is 3. The van der Waals surface area contributed by atoms with Gasteiger partial charge in [-0.05, 0) is 34.7 Å². The van der Waals surface area contributed by atoms with Crippen molar-refractivity contribution in [1.29, 1.82) is 0 Å². The average molecular weight is 341 g/mol. The second-order valence-electron chi connectivity index (χ2n) is 6.06. The van der Waals surface area contributed by atoms with E-state index in [1.165, 1.54) is 34.1 Å². The van der Waals surface area contributed by atoms with Gasteiger partial charge < -0.3 is 4.57 Å². The van der Waals surface area contributed by atoms with Crippen molar-refractivity contribution < 1.29 is 0 Å². The molecule has 0 spiro atoms. The lowest BCUT2D eigenvalue weighted by Gasteiger charge is -2.30. The van der Waals surface area contributed by atoms with Gasteiger partial charge in [0.25, 0.3) is 0 Å². The highest BCUT2D eigenvalue weighted by molar-refractivity contribution is 8.77. The smallest absolute Gasteiger partial charge is 0.0946 e. The molecule has 0 amide bonds.